The number of hydrogen-bond acceptors (Lipinski definition) is 3. The molecule has 1 rings (SSSR count). The van der Waals surface area contributed by atoms with Gasteiger partial charge in [0.25, 0.3) is 0 Å². The van der Waals surface area contributed by atoms with E-state index in [2.05, 4.69) is 16.2 Å². The highest BCUT2D eigenvalue weighted by Crippen LogP contribution is 2.17. The first-order chi connectivity index (χ1) is 7.58. The highest BCUT2D eigenvalue weighted by Gasteiger charge is 2.12. The van der Waals surface area contributed by atoms with Crippen LogP contribution in [0.1, 0.15) is 23.8 Å². The largest absolute Gasteiger partial charge is 0.476 e. The molecule has 2 N–H and O–H groups in total. The molecule has 1 unspecified atom stereocenters. The molecule has 0 spiro atoms. The van der Waals surface area contributed by atoms with Gasteiger partial charge < -0.3 is 10.4 Å². The number of pyridine rings is 1. The second kappa shape index (κ2) is 5.38. The fourth-order valence-corrected chi connectivity index (χ4v) is 1.30. The summed E-state index contributed by atoms with van der Waals surface area (Å²) < 4.78 is 0. The van der Waals surface area contributed by atoms with E-state index in [0.29, 0.717) is 5.82 Å². The molecule has 0 amide bonds. The number of anilines is 1. The second-order valence-corrected chi connectivity index (χ2v) is 3.51. The van der Waals surface area contributed by atoms with Crippen LogP contribution in [-0.4, -0.2) is 22.1 Å². The van der Waals surface area contributed by atoms with Gasteiger partial charge in [0.1, 0.15) is 5.82 Å². The molecule has 0 aliphatic heterocycles. The van der Waals surface area contributed by atoms with Crippen LogP contribution >= 0.6 is 11.6 Å². The van der Waals surface area contributed by atoms with Crippen molar-refractivity contribution in [1.29, 1.82) is 0 Å². The number of nitrogens with zero attached hydrogens (tertiary/aromatic N) is 1. The molecule has 0 saturated carbocycles. The lowest BCUT2D eigenvalue weighted by atomic mass is 10.2. The van der Waals surface area contributed by atoms with Crippen molar-refractivity contribution in [2.75, 3.05) is 5.32 Å². The number of carboxylic acids is 1. The van der Waals surface area contributed by atoms with Crippen molar-refractivity contribution in [3.05, 3.63) is 22.8 Å². The zero-order valence-corrected chi connectivity index (χ0v) is 9.45. The van der Waals surface area contributed by atoms with Gasteiger partial charge >= 0.3 is 5.97 Å². The Morgan fingerprint density at radius 2 is 2.44 bits per heavy atom. The minimum atomic E-state index is -1.16. The maximum Gasteiger partial charge on any atom is 0.356 e. The van der Waals surface area contributed by atoms with Gasteiger partial charge in [0.2, 0.25) is 0 Å². The minimum Gasteiger partial charge on any atom is -0.476 e. The van der Waals surface area contributed by atoms with Crippen LogP contribution in [0.2, 0.25) is 5.02 Å². The van der Waals surface area contributed by atoms with E-state index in [0.717, 1.165) is 6.42 Å². The van der Waals surface area contributed by atoms with Gasteiger partial charge in [-0.15, -0.1) is 6.42 Å². The SMILES string of the molecule is C#CC(CC)Nc1ccc(Cl)c(C(=O)O)n1. The van der Waals surface area contributed by atoms with Gasteiger partial charge in [-0.2, -0.15) is 0 Å². The maximum absolute atomic E-state index is 10.8. The number of hydrogen-bond donors (Lipinski definition) is 2. The average Bonchev–Trinajstić information content (AvgIpc) is 2.27. The molecule has 1 aromatic rings. The average molecular weight is 239 g/mol. The van der Waals surface area contributed by atoms with Crippen molar-refractivity contribution in [3.8, 4) is 12.3 Å². The van der Waals surface area contributed by atoms with E-state index in [-0.39, 0.29) is 16.8 Å². The topological polar surface area (TPSA) is 62.2 Å². The van der Waals surface area contributed by atoms with Gasteiger partial charge in [0, 0.05) is 0 Å². The molecule has 1 atom stereocenters. The summed E-state index contributed by atoms with van der Waals surface area (Å²) in [6, 6.07) is 2.90. The molecule has 84 valence electrons. The molecular weight excluding hydrogens is 228 g/mol. The summed E-state index contributed by atoms with van der Waals surface area (Å²) >= 11 is 5.68. The first-order valence-electron chi connectivity index (χ1n) is 4.71. The van der Waals surface area contributed by atoms with Gasteiger partial charge in [0.05, 0.1) is 11.1 Å². The van der Waals surface area contributed by atoms with Crippen LogP contribution in [0.15, 0.2) is 12.1 Å². The lowest BCUT2D eigenvalue weighted by molar-refractivity contribution is 0.0691. The number of aromatic carboxylic acids is 1. The third-order valence-corrected chi connectivity index (χ3v) is 2.29. The molecule has 0 aliphatic carbocycles. The van der Waals surface area contributed by atoms with Crippen molar-refractivity contribution in [1.82, 2.24) is 4.98 Å². The fourth-order valence-electron chi connectivity index (χ4n) is 1.11. The Balaban J connectivity index is 2.96. The highest BCUT2D eigenvalue weighted by atomic mass is 35.5. The van der Waals surface area contributed by atoms with E-state index < -0.39 is 5.97 Å². The van der Waals surface area contributed by atoms with Gasteiger partial charge in [-0.25, -0.2) is 9.78 Å². The lowest BCUT2D eigenvalue weighted by Gasteiger charge is -2.11. The molecule has 0 bridgehead atoms. The van der Waals surface area contributed by atoms with E-state index in [1.807, 2.05) is 6.92 Å². The Hall–Kier alpha value is -1.73. The molecule has 1 heterocycles. The molecule has 0 radical (unpaired) electrons. The Labute approximate surface area is 98.6 Å². The molecule has 1 aromatic heterocycles. The van der Waals surface area contributed by atoms with Crippen LogP contribution in [-0.2, 0) is 0 Å². The molecule has 0 aliphatic rings. The van der Waals surface area contributed by atoms with Gasteiger partial charge in [-0.1, -0.05) is 24.4 Å². The van der Waals surface area contributed by atoms with Crippen molar-refractivity contribution in [2.45, 2.75) is 19.4 Å². The van der Waals surface area contributed by atoms with Crippen LogP contribution in [0.3, 0.4) is 0 Å². The third-order valence-electron chi connectivity index (χ3n) is 1.98. The van der Waals surface area contributed by atoms with Crippen LogP contribution in [0, 0.1) is 12.3 Å². The van der Waals surface area contributed by atoms with Crippen molar-refractivity contribution in [3.63, 3.8) is 0 Å². The molecule has 16 heavy (non-hydrogen) atoms. The Bertz CT molecular complexity index is 440. The van der Waals surface area contributed by atoms with Gasteiger partial charge in [0.15, 0.2) is 5.69 Å². The summed E-state index contributed by atoms with van der Waals surface area (Å²) in [6.07, 6.45) is 6.00. The van der Waals surface area contributed by atoms with Gasteiger partial charge in [-0.05, 0) is 18.6 Å². The smallest absolute Gasteiger partial charge is 0.356 e. The summed E-state index contributed by atoms with van der Waals surface area (Å²) in [6.45, 7) is 1.92. The molecule has 4 nitrogen and oxygen atoms in total. The number of rotatable bonds is 4. The van der Waals surface area contributed by atoms with Crippen molar-refractivity contribution >= 4 is 23.4 Å². The van der Waals surface area contributed by atoms with Crippen LogP contribution in [0.5, 0.6) is 0 Å². The van der Waals surface area contributed by atoms with Crippen LogP contribution in [0.4, 0.5) is 5.82 Å². The van der Waals surface area contributed by atoms with E-state index in [4.69, 9.17) is 23.1 Å². The Kier molecular flexibility index (Phi) is 4.15. The van der Waals surface area contributed by atoms with E-state index >= 15 is 0 Å². The van der Waals surface area contributed by atoms with Crippen molar-refractivity contribution in [2.24, 2.45) is 0 Å². The summed E-state index contributed by atoms with van der Waals surface area (Å²) in [7, 11) is 0. The normalized spacial score (nSPS) is 11.6. The van der Waals surface area contributed by atoms with Crippen LogP contribution in [0.25, 0.3) is 0 Å². The zero-order chi connectivity index (χ0) is 12.1. The predicted octanol–water partition coefficient (Wildman–Crippen LogP) is 2.26. The van der Waals surface area contributed by atoms with E-state index in [1.165, 1.54) is 6.07 Å². The molecular formula is C11H11ClN2O2. The lowest BCUT2D eigenvalue weighted by Crippen LogP contribution is -2.17. The first-order valence-corrected chi connectivity index (χ1v) is 5.08. The molecule has 0 aromatic carbocycles. The van der Waals surface area contributed by atoms with E-state index in [9.17, 15) is 4.79 Å². The number of terminal acetylenes is 1. The molecule has 0 fully saturated rings. The number of carboxylic acid groups (broad SMARTS) is 1. The molecule has 0 saturated heterocycles. The first kappa shape index (κ1) is 12.3. The monoisotopic (exact) mass is 238 g/mol. The standard InChI is InChI=1S/C11H11ClN2O2/c1-3-7(4-2)13-9-6-5-8(12)10(14-9)11(15)16/h1,5-7H,4H2,2H3,(H,13,14)(H,15,16). The minimum absolute atomic E-state index is 0.104. The fraction of sp³-hybridized carbons (Fsp3) is 0.273. The number of aromatic nitrogens is 1. The van der Waals surface area contributed by atoms with E-state index in [1.54, 1.807) is 6.07 Å². The second-order valence-electron chi connectivity index (χ2n) is 3.10. The summed E-state index contributed by atoms with van der Waals surface area (Å²) in [5.74, 6) is 1.78. The quantitative estimate of drug-likeness (QED) is 0.790. The Morgan fingerprint density at radius 1 is 1.75 bits per heavy atom. The van der Waals surface area contributed by atoms with Gasteiger partial charge in [-0.3, -0.25) is 0 Å². The number of halogens is 1. The Morgan fingerprint density at radius 3 is 2.94 bits per heavy atom. The maximum atomic E-state index is 10.8. The summed E-state index contributed by atoms with van der Waals surface area (Å²) in [5, 5.41) is 11.9. The molecule has 5 heteroatoms. The summed E-state index contributed by atoms with van der Waals surface area (Å²) in [5.41, 5.74) is -0.182. The number of nitrogens with one attached hydrogen (secondary N) is 1. The van der Waals surface area contributed by atoms with Crippen LogP contribution < -0.4 is 5.32 Å². The predicted molar refractivity (Wildman–Crippen MR) is 62.7 cm³/mol. The van der Waals surface area contributed by atoms with Crippen molar-refractivity contribution < 1.29 is 9.90 Å². The number of carbonyl (C=O) groups is 1. The highest BCUT2D eigenvalue weighted by molar-refractivity contribution is 6.33. The third kappa shape index (κ3) is 2.88. The summed E-state index contributed by atoms with van der Waals surface area (Å²) in [4.78, 5) is 14.7. The zero-order valence-electron chi connectivity index (χ0n) is 8.70.